The highest BCUT2D eigenvalue weighted by molar-refractivity contribution is 6.09. The molecule has 2 aromatic heterocycles. The number of hydrogen-bond acceptors (Lipinski definition) is 4. The van der Waals surface area contributed by atoms with Gasteiger partial charge in [0.25, 0.3) is 0 Å². The number of pyridine rings is 1. The Balaban J connectivity index is 1.57. The van der Waals surface area contributed by atoms with Crippen LogP contribution in [0.1, 0.15) is 53.7 Å². The molecule has 2 aliphatic rings. The number of nitrogens with zero attached hydrogens (tertiary/aromatic N) is 5. The van der Waals surface area contributed by atoms with Gasteiger partial charge in [-0.05, 0) is 82.5 Å². The average molecular weight is 442 g/mol. The van der Waals surface area contributed by atoms with Crippen molar-refractivity contribution in [2.45, 2.75) is 45.6 Å². The number of benzene rings is 1. The highest BCUT2D eigenvalue weighted by atomic mass is 16.1. The minimum Gasteiger partial charge on any atom is -0.312 e. The Morgan fingerprint density at radius 3 is 2.36 bits per heavy atom. The molecule has 0 radical (unpaired) electrons. The summed E-state index contributed by atoms with van der Waals surface area (Å²) >= 11 is 0. The zero-order chi connectivity index (χ0) is 22.8. The summed E-state index contributed by atoms with van der Waals surface area (Å²) < 4.78 is 2.15. The number of carbonyl (C=O) groups is 1. The third-order valence-corrected chi connectivity index (χ3v) is 7.04. The maximum atomic E-state index is 13.5. The number of likely N-dealkylation sites (tertiary alicyclic amines) is 2. The molecule has 33 heavy (non-hydrogen) atoms. The first-order valence-corrected chi connectivity index (χ1v) is 12.1. The molecule has 0 N–H and O–H groups in total. The summed E-state index contributed by atoms with van der Waals surface area (Å²) in [5.41, 5.74) is 6.17. The number of ketones is 1. The van der Waals surface area contributed by atoms with Crippen molar-refractivity contribution in [1.29, 1.82) is 0 Å². The van der Waals surface area contributed by atoms with Crippen molar-refractivity contribution in [3.8, 4) is 5.69 Å². The predicted molar refractivity (Wildman–Crippen MR) is 131 cm³/mol. The van der Waals surface area contributed by atoms with Crippen LogP contribution in [0, 0.1) is 13.5 Å². The first-order valence-electron chi connectivity index (χ1n) is 12.1. The van der Waals surface area contributed by atoms with Gasteiger partial charge in [0, 0.05) is 24.1 Å². The van der Waals surface area contributed by atoms with Gasteiger partial charge in [-0.15, -0.1) is 0 Å². The van der Waals surface area contributed by atoms with Crippen LogP contribution in [0.2, 0.25) is 0 Å². The van der Waals surface area contributed by atoms with Gasteiger partial charge in [0.15, 0.2) is 11.5 Å². The number of hydrogen-bond donors (Lipinski definition) is 0. The first kappa shape index (κ1) is 21.8. The fourth-order valence-electron chi connectivity index (χ4n) is 5.35. The SMILES string of the molecule is [C-]#[N+]c1ccc(-n2c(C)c(C(=O)CN3CCCCC3)c3ncc(CN4CCCC4)cc32)cc1. The van der Waals surface area contributed by atoms with Gasteiger partial charge in [-0.25, -0.2) is 4.85 Å². The monoisotopic (exact) mass is 441 g/mol. The molecule has 6 nitrogen and oxygen atoms in total. The summed E-state index contributed by atoms with van der Waals surface area (Å²) in [6.07, 6.45) is 8.05. The molecule has 170 valence electrons. The topological polar surface area (TPSA) is 45.7 Å². The lowest BCUT2D eigenvalue weighted by Gasteiger charge is -2.25. The van der Waals surface area contributed by atoms with Crippen LogP contribution in [0.3, 0.4) is 0 Å². The quantitative estimate of drug-likeness (QED) is 0.392. The predicted octanol–water partition coefficient (Wildman–Crippen LogP) is 5.15. The van der Waals surface area contributed by atoms with Crippen molar-refractivity contribution in [2.24, 2.45) is 0 Å². The van der Waals surface area contributed by atoms with Gasteiger partial charge < -0.3 is 4.57 Å². The minimum atomic E-state index is 0.149. The van der Waals surface area contributed by atoms with Crippen molar-refractivity contribution in [1.82, 2.24) is 19.4 Å². The molecule has 0 aliphatic carbocycles. The van der Waals surface area contributed by atoms with Gasteiger partial charge in [0.2, 0.25) is 0 Å². The smallest absolute Gasteiger partial charge is 0.187 e. The zero-order valence-electron chi connectivity index (χ0n) is 19.4. The van der Waals surface area contributed by atoms with E-state index in [1.165, 1.54) is 37.7 Å². The number of aromatic nitrogens is 2. The number of Topliss-reactive ketones (excluding diaryl/α,β-unsaturated/α-hetero) is 1. The van der Waals surface area contributed by atoms with E-state index in [1.807, 2.05) is 37.4 Å². The number of carbonyl (C=O) groups excluding carboxylic acids is 1. The van der Waals surface area contributed by atoms with Crippen LogP contribution in [0.5, 0.6) is 0 Å². The number of fused-ring (bicyclic) bond motifs is 1. The summed E-state index contributed by atoms with van der Waals surface area (Å²) in [5, 5.41) is 0. The number of rotatable bonds is 6. The van der Waals surface area contributed by atoms with E-state index < -0.39 is 0 Å². The molecule has 0 bridgehead atoms. The Morgan fingerprint density at radius 2 is 1.67 bits per heavy atom. The molecule has 2 aliphatic heterocycles. The maximum Gasteiger partial charge on any atom is 0.187 e. The van der Waals surface area contributed by atoms with E-state index in [9.17, 15) is 4.79 Å². The molecule has 0 saturated carbocycles. The van der Waals surface area contributed by atoms with Crippen LogP contribution in [-0.2, 0) is 6.54 Å². The number of piperidine rings is 1. The molecule has 6 heteroatoms. The molecule has 0 unspecified atom stereocenters. The highest BCUT2D eigenvalue weighted by Gasteiger charge is 2.25. The second-order valence-electron chi connectivity index (χ2n) is 9.38. The second-order valence-corrected chi connectivity index (χ2v) is 9.38. The van der Waals surface area contributed by atoms with Crippen LogP contribution in [0.15, 0.2) is 36.5 Å². The Morgan fingerprint density at radius 1 is 1.00 bits per heavy atom. The third kappa shape index (κ3) is 4.44. The van der Waals surface area contributed by atoms with Crippen molar-refractivity contribution < 1.29 is 4.79 Å². The second kappa shape index (κ2) is 9.46. The average Bonchev–Trinajstić information content (AvgIpc) is 3.45. The standard InChI is InChI=1S/C27H31N5O/c1-20-26(25(33)19-31-12-4-3-5-13-31)27-24(32(20)23-10-8-22(28-2)9-11-23)16-21(17-29-27)18-30-14-6-7-15-30/h8-11,16-17H,3-7,12-15,18-19H2,1H3. The van der Waals surface area contributed by atoms with E-state index in [0.29, 0.717) is 12.2 Å². The lowest BCUT2D eigenvalue weighted by atomic mass is 10.1. The molecule has 2 saturated heterocycles. The van der Waals surface area contributed by atoms with E-state index in [1.54, 1.807) is 0 Å². The van der Waals surface area contributed by atoms with Crippen LogP contribution in [0.4, 0.5) is 5.69 Å². The fraction of sp³-hybridized carbons (Fsp3) is 0.444. The summed E-state index contributed by atoms with van der Waals surface area (Å²) in [7, 11) is 0. The van der Waals surface area contributed by atoms with Crippen molar-refractivity contribution in [3.63, 3.8) is 0 Å². The molecule has 3 aromatic rings. The van der Waals surface area contributed by atoms with E-state index in [-0.39, 0.29) is 5.78 Å². The van der Waals surface area contributed by atoms with Gasteiger partial charge >= 0.3 is 0 Å². The minimum absolute atomic E-state index is 0.149. The van der Waals surface area contributed by atoms with Gasteiger partial charge in [-0.3, -0.25) is 19.6 Å². The first-order chi connectivity index (χ1) is 16.1. The summed E-state index contributed by atoms with van der Waals surface area (Å²) in [4.78, 5) is 26.6. The van der Waals surface area contributed by atoms with E-state index in [2.05, 4.69) is 25.3 Å². The van der Waals surface area contributed by atoms with Gasteiger partial charge in [0.1, 0.15) is 0 Å². The highest BCUT2D eigenvalue weighted by Crippen LogP contribution is 2.31. The Kier molecular flexibility index (Phi) is 6.26. The lowest BCUT2D eigenvalue weighted by Crippen LogP contribution is -2.34. The normalized spacial score (nSPS) is 17.5. The molecule has 1 aromatic carbocycles. The van der Waals surface area contributed by atoms with Gasteiger partial charge in [-0.1, -0.05) is 18.6 Å². The third-order valence-electron chi connectivity index (χ3n) is 7.04. The van der Waals surface area contributed by atoms with Gasteiger partial charge in [-0.2, -0.15) is 0 Å². The molecule has 0 spiro atoms. The molecular formula is C27H31N5O. The van der Waals surface area contributed by atoms with Gasteiger partial charge in [0.05, 0.1) is 29.7 Å². The Hall–Kier alpha value is -3.01. The van der Waals surface area contributed by atoms with Crippen molar-refractivity contribution >= 4 is 22.5 Å². The molecule has 2 fully saturated rings. The van der Waals surface area contributed by atoms with Crippen LogP contribution < -0.4 is 0 Å². The fourth-order valence-corrected chi connectivity index (χ4v) is 5.35. The van der Waals surface area contributed by atoms with Crippen LogP contribution in [0.25, 0.3) is 21.6 Å². The molecule has 5 rings (SSSR count). The van der Waals surface area contributed by atoms with E-state index >= 15 is 0 Å². The summed E-state index contributed by atoms with van der Waals surface area (Å²) in [6, 6.07) is 9.81. The van der Waals surface area contributed by atoms with E-state index in [0.717, 1.165) is 60.7 Å². The molecule has 0 atom stereocenters. The molecule has 0 amide bonds. The summed E-state index contributed by atoms with van der Waals surface area (Å²) in [6.45, 7) is 14.9. The van der Waals surface area contributed by atoms with Crippen molar-refractivity contribution in [3.05, 3.63) is 64.8 Å². The van der Waals surface area contributed by atoms with Crippen LogP contribution in [-0.4, -0.2) is 57.9 Å². The van der Waals surface area contributed by atoms with Crippen molar-refractivity contribution in [2.75, 3.05) is 32.7 Å². The Labute approximate surface area is 195 Å². The zero-order valence-corrected chi connectivity index (χ0v) is 19.4. The van der Waals surface area contributed by atoms with Crippen LogP contribution >= 0.6 is 0 Å². The Bertz CT molecular complexity index is 1190. The maximum absolute atomic E-state index is 13.5. The van der Waals surface area contributed by atoms with E-state index in [4.69, 9.17) is 11.6 Å². The summed E-state index contributed by atoms with van der Waals surface area (Å²) in [5.74, 6) is 0.149. The lowest BCUT2D eigenvalue weighted by molar-refractivity contribution is 0.0916. The largest absolute Gasteiger partial charge is 0.312 e. The molecule has 4 heterocycles. The molecular weight excluding hydrogens is 410 g/mol.